The number of hydrogen-bond acceptors (Lipinski definition) is 3. The van der Waals surface area contributed by atoms with Crippen LogP contribution in [0.1, 0.15) is 30.1 Å². The van der Waals surface area contributed by atoms with Gasteiger partial charge in [0.2, 0.25) is 0 Å². The highest BCUT2D eigenvalue weighted by atomic mass is 19.4. The molecule has 1 aliphatic rings. The van der Waals surface area contributed by atoms with Gasteiger partial charge in [0, 0.05) is 17.6 Å². The second-order valence-electron chi connectivity index (χ2n) is 5.35. The lowest BCUT2D eigenvalue weighted by Gasteiger charge is -2.24. The van der Waals surface area contributed by atoms with Gasteiger partial charge in [-0.15, -0.1) is 13.2 Å². The topological polar surface area (TPSA) is 50.4 Å². The van der Waals surface area contributed by atoms with Crippen LogP contribution in [0.25, 0.3) is 0 Å². The molecule has 0 radical (unpaired) electrons. The lowest BCUT2D eigenvalue weighted by atomic mass is 10.0. The normalized spacial score (nSPS) is 22.1. The van der Waals surface area contributed by atoms with E-state index >= 15 is 0 Å². The van der Waals surface area contributed by atoms with Crippen molar-refractivity contribution < 1.29 is 22.7 Å². The lowest BCUT2D eigenvalue weighted by Crippen LogP contribution is -2.47. The number of hydrogen-bond donors (Lipinski definition) is 2. The zero-order valence-corrected chi connectivity index (χ0v) is 11.6. The van der Waals surface area contributed by atoms with E-state index in [2.05, 4.69) is 15.4 Å². The maximum absolute atomic E-state index is 12.0. The number of carbonyl (C=O) groups excluding carboxylic acids is 1. The van der Waals surface area contributed by atoms with Crippen LogP contribution in [0, 0.1) is 0 Å². The third kappa shape index (κ3) is 4.63. The monoisotopic (exact) mass is 302 g/mol. The van der Waals surface area contributed by atoms with E-state index < -0.39 is 6.36 Å². The maximum Gasteiger partial charge on any atom is 0.573 e. The molecule has 21 heavy (non-hydrogen) atoms. The van der Waals surface area contributed by atoms with E-state index in [1.54, 1.807) is 0 Å². The molecule has 1 saturated heterocycles. The predicted molar refractivity (Wildman–Crippen MR) is 71.1 cm³/mol. The Morgan fingerprint density at radius 3 is 2.57 bits per heavy atom. The van der Waals surface area contributed by atoms with Crippen molar-refractivity contribution in [2.75, 3.05) is 13.1 Å². The average molecular weight is 302 g/mol. The van der Waals surface area contributed by atoms with Crippen LogP contribution in [0.15, 0.2) is 24.3 Å². The van der Waals surface area contributed by atoms with Crippen molar-refractivity contribution in [2.24, 2.45) is 0 Å². The molecule has 0 bridgehead atoms. The van der Waals surface area contributed by atoms with Crippen molar-refractivity contribution >= 4 is 5.91 Å². The van der Waals surface area contributed by atoms with Gasteiger partial charge in [-0.3, -0.25) is 4.79 Å². The zero-order chi connectivity index (χ0) is 15.5. The lowest BCUT2D eigenvalue weighted by molar-refractivity contribution is -0.274. The SMILES string of the molecule is CC1(CNC(=O)c2ccc(OC(F)(F)F)cc2)CCCN1. The van der Waals surface area contributed by atoms with Crippen LogP contribution >= 0.6 is 0 Å². The van der Waals surface area contributed by atoms with Crippen LogP contribution in [0.5, 0.6) is 5.75 Å². The first kappa shape index (κ1) is 15.6. The minimum absolute atomic E-state index is 0.116. The molecule has 1 aliphatic heterocycles. The number of benzene rings is 1. The van der Waals surface area contributed by atoms with E-state index in [0.29, 0.717) is 12.1 Å². The molecule has 1 fully saturated rings. The molecular formula is C14H17F3N2O2. The molecule has 1 unspecified atom stereocenters. The summed E-state index contributed by atoms with van der Waals surface area (Å²) in [7, 11) is 0. The highest BCUT2D eigenvalue weighted by Gasteiger charge is 2.31. The van der Waals surface area contributed by atoms with Gasteiger partial charge in [0.15, 0.2) is 0 Å². The number of alkyl halides is 3. The van der Waals surface area contributed by atoms with Crippen LogP contribution in [0.3, 0.4) is 0 Å². The largest absolute Gasteiger partial charge is 0.573 e. The molecule has 7 heteroatoms. The standard InChI is InChI=1S/C14H17F3N2O2/c1-13(7-2-8-19-13)9-18-12(20)10-3-5-11(6-4-10)21-14(15,16)17/h3-6,19H,2,7-9H2,1H3,(H,18,20). The van der Waals surface area contributed by atoms with Crippen LogP contribution in [0.4, 0.5) is 13.2 Å². The summed E-state index contributed by atoms with van der Waals surface area (Å²) >= 11 is 0. The summed E-state index contributed by atoms with van der Waals surface area (Å²) in [6.45, 7) is 3.43. The first-order valence-corrected chi connectivity index (χ1v) is 6.66. The summed E-state index contributed by atoms with van der Waals surface area (Å²) in [5.74, 6) is -0.660. The Morgan fingerprint density at radius 2 is 2.05 bits per heavy atom. The van der Waals surface area contributed by atoms with Gasteiger partial charge in [0.1, 0.15) is 5.75 Å². The van der Waals surface area contributed by atoms with Crippen molar-refractivity contribution in [2.45, 2.75) is 31.7 Å². The van der Waals surface area contributed by atoms with Crippen molar-refractivity contribution in [3.63, 3.8) is 0 Å². The number of nitrogens with one attached hydrogen (secondary N) is 2. The Morgan fingerprint density at radius 1 is 1.38 bits per heavy atom. The Hall–Kier alpha value is -1.76. The van der Waals surface area contributed by atoms with Crippen LogP contribution in [-0.4, -0.2) is 30.9 Å². The summed E-state index contributed by atoms with van der Waals surface area (Å²) in [5, 5.41) is 6.10. The van der Waals surface area contributed by atoms with E-state index in [1.165, 1.54) is 12.1 Å². The van der Waals surface area contributed by atoms with Gasteiger partial charge in [0.05, 0.1) is 0 Å². The van der Waals surface area contributed by atoms with Crippen LogP contribution < -0.4 is 15.4 Å². The third-order valence-corrected chi connectivity index (χ3v) is 3.45. The van der Waals surface area contributed by atoms with Gasteiger partial charge < -0.3 is 15.4 Å². The first-order valence-electron chi connectivity index (χ1n) is 6.66. The minimum atomic E-state index is -4.73. The van der Waals surface area contributed by atoms with Crippen LogP contribution in [-0.2, 0) is 0 Å². The van der Waals surface area contributed by atoms with Crippen molar-refractivity contribution in [1.29, 1.82) is 0 Å². The van der Waals surface area contributed by atoms with Gasteiger partial charge >= 0.3 is 6.36 Å². The first-order chi connectivity index (χ1) is 9.77. The number of rotatable bonds is 4. The molecule has 0 spiro atoms. The summed E-state index contributed by atoms with van der Waals surface area (Å²) in [5.41, 5.74) is 0.181. The smallest absolute Gasteiger partial charge is 0.406 e. The Kier molecular flexibility index (Phi) is 4.41. The summed E-state index contributed by atoms with van der Waals surface area (Å²) in [4.78, 5) is 11.9. The Labute approximate surface area is 120 Å². The van der Waals surface area contributed by atoms with Gasteiger partial charge in [-0.25, -0.2) is 0 Å². The molecule has 1 amide bonds. The van der Waals surface area contributed by atoms with Crippen molar-refractivity contribution in [1.82, 2.24) is 10.6 Å². The zero-order valence-electron chi connectivity index (χ0n) is 11.6. The molecule has 0 aliphatic carbocycles. The predicted octanol–water partition coefficient (Wildman–Crippen LogP) is 2.46. The average Bonchev–Trinajstić information content (AvgIpc) is 2.82. The Balaban J connectivity index is 1.90. The minimum Gasteiger partial charge on any atom is -0.406 e. The number of ether oxygens (including phenoxy) is 1. The molecule has 1 aromatic rings. The molecule has 1 aromatic carbocycles. The van der Waals surface area contributed by atoms with Gasteiger partial charge in [-0.05, 0) is 50.6 Å². The molecule has 1 atom stereocenters. The maximum atomic E-state index is 12.0. The molecule has 116 valence electrons. The molecule has 2 N–H and O–H groups in total. The second kappa shape index (κ2) is 5.93. The van der Waals surface area contributed by atoms with E-state index in [0.717, 1.165) is 31.5 Å². The summed E-state index contributed by atoms with van der Waals surface area (Å²) in [6.07, 6.45) is -2.69. The fourth-order valence-electron chi connectivity index (χ4n) is 2.29. The number of carbonyl (C=O) groups is 1. The Bertz CT molecular complexity index is 494. The molecular weight excluding hydrogens is 285 g/mol. The molecule has 0 aromatic heterocycles. The molecule has 2 rings (SSSR count). The highest BCUT2D eigenvalue weighted by molar-refractivity contribution is 5.94. The quantitative estimate of drug-likeness (QED) is 0.898. The fourth-order valence-corrected chi connectivity index (χ4v) is 2.29. The van der Waals surface area contributed by atoms with E-state index in [4.69, 9.17) is 0 Å². The molecule has 4 nitrogen and oxygen atoms in total. The van der Waals surface area contributed by atoms with Crippen LogP contribution in [0.2, 0.25) is 0 Å². The third-order valence-electron chi connectivity index (χ3n) is 3.45. The number of amides is 1. The highest BCUT2D eigenvalue weighted by Crippen LogP contribution is 2.23. The summed E-state index contributed by atoms with van der Waals surface area (Å²) in [6, 6.07) is 4.86. The van der Waals surface area contributed by atoms with E-state index in [9.17, 15) is 18.0 Å². The van der Waals surface area contributed by atoms with E-state index in [1.807, 2.05) is 6.92 Å². The van der Waals surface area contributed by atoms with Gasteiger partial charge in [0.25, 0.3) is 5.91 Å². The van der Waals surface area contributed by atoms with Gasteiger partial charge in [-0.2, -0.15) is 0 Å². The molecule has 1 heterocycles. The second-order valence-corrected chi connectivity index (χ2v) is 5.35. The van der Waals surface area contributed by atoms with Crippen molar-refractivity contribution in [3.8, 4) is 5.75 Å². The molecule has 0 saturated carbocycles. The summed E-state index contributed by atoms with van der Waals surface area (Å²) < 4.78 is 39.8. The van der Waals surface area contributed by atoms with E-state index in [-0.39, 0.29) is 17.2 Å². The number of halogens is 3. The van der Waals surface area contributed by atoms with Gasteiger partial charge in [-0.1, -0.05) is 0 Å². The fraction of sp³-hybridized carbons (Fsp3) is 0.500. The van der Waals surface area contributed by atoms with Crippen molar-refractivity contribution in [3.05, 3.63) is 29.8 Å².